The van der Waals surface area contributed by atoms with Crippen LogP contribution in [0.2, 0.25) is 0 Å². The molecular weight excluding hydrogens is 560 g/mol. The van der Waals surface area contributed by atoms with Crippen LogP contribution in [0.25, 0.3) is 0 Å². The topological polar surface area (TPSA) is 135 Å². The lowest BCUT2D eigenvalue weighted by Crippen LogP contribution is -2.49. The third-order valence-electron chi connectivity index (χ3n) is 6.21. The highest BCUT2D eigenvalue weighted by atomic mass is 16.6. The molecule has 1 rings (SSSR count). The van der Waals surface area contributed by atoms with Crippen LogP contribution in [0, 0.1) is 5.41 Å². The second kappa shape index (κ2) is 23.2. The molecule has 1 N–H and O–H groups in total. The molecule has 0 saturated heterocycles. The van der Waals surface area contributed by atoms with Gasteiger partial charge in [0, 0.05) is 43.2 Å². The minimum atomic E-state index is -1.36. The van der Waals surface area contributed by atoms with Crippen molar-refractivity contribution in [2.45, 2.75) is 84.7 Å². The van der Waals surface area contributed by atoms with Gasteiger partial charge in [-0.15, -0.1) is 0 Å². The number of pyridine rings is 1. The number of aliphatic carboxylic acids is 1. The monoisotopic (exact) mass is 607 g/mol. The fourth-order valence-corrected chi connectivity index (χ4v) is 3.75. The third-order valence-corrected chi connectivity index (χ3v) is 6.21. The summed E-state index contributed by atoms with van der Waals surface area (Å²) in [4.78, 5) is 52.5. The van der Waals surface area contributed by atoms with Gasteiger partial charge in [-0.25, -0.2) is 4.79 Å². The molecule has 0 bridgehead atoms. The lowest BCUT2D eigenvalue weighted by molar-refractivity contribution is -0.305. The normalized spacial score (nSPS) is 12.9. The van der Waals surface area contributed by atoms with E-state index in [2.05, 4.69) is 71.9 Å². The van der Waals surface area contributed by atoms with Crippen molar-refractivity contribution in [1.29, 1.82) is 0 Å². The molecule has 1 heterocycles. The van der Waals surface area contributed by atoms with E-state index in [0.29, 0.717) is 6.42 Å². The Labute approximate surface area is 261 Å². The Balaban J connectivity index is 2.43. The molecule has 0 aliphatic carbocycles. The minimum Gasteiger partial charge on any atom is -0.550 e. The van der Waals surface area contributed by atoms with E-state index in [1.165, 1.54) is 18.5 Å². The van der Waals surface area contributed by atoms with Crippen LogP contribution in [0.1, 0.15) is 88.9 Å². The van der Waals surface area contributed by atoms with E-state index in [-0.39, 0.29) is 25.1 Å². The second-order valence-corrected chi connectivity index (χ2v) is 10.7. The van der Waals surface area contributed by atoms with Gasteiger partial charge in [-0.05, 0) is 57.1 Å². The van der Waals surface area contributed by atoms with Crippen molar-refractivity contribution in [1.82, 2.24) is 10.3 Å². The quantitative estimate of drug-likeness (QED) is 0.106. The maximum Gasteiger partial charge on any atom is 0.340 e. The van der Waals surface area contributed by atoms with Gasteiger partial charge >= 0.3 is 11.9 Å². The van der Waals surface area contributed by atoms with Gasteiger partial charge in [0.15, 0.2) is 6.10 Å². The molecule has 1 aromatic rings. The van der Waals surface area contributed by atoms with E-state index in [9.17, 15) is 24.3 Å². The number of rotatable bonds is 22. The van der Waals surface area contributed by atoms with Gasteiger partial charge in [-0.2, -0.15) is 0 Å². The Hall–Kier alpha value is -4.27. The number of aromatic nitrogens is 1. The number of carboxylic acid groups (broad SMARTS) is 1. The van der Waals surface area contributed by atoms with Gasteiger partial charge in [0.2, 0.25) is 0 Å². The van der Waals surface area contributed by atoms with Crippen LogP contribution in [0.5, 0.6) is 0 Å². The summed E-state index contributed by atoms with van der Waals surface area (Å²) in [5, 5.41) is 13.2. The number of unbranched alkanes of at least 4 members (excludes halogenated alkanes) is 1. The highest BCUT2D eigenvalue weighted by molar-refractivity contribution is 5.92. The molecule has 1 aromatic heterocycles. The lowest BCUT2D eigenvalue weighted by atomic mass is 9.86. The fraction of sp³-hybridized carbons (Fsp3) is 0.457. The highest BCUT2D eigenvalue weighted by Crippen LogP contribution is 2.26. The first kappa shape index (κ1) is 37.8. The summed E-state index contributed by atoms with van der Waals surface area (Å²) >= 11 is 0. The number of esters is 2. The average Bonchev–Trinajstić information content (AvgIpc) is 3.00. The number of nitrogens with one attached hydrogen (secondary N) is 1. The van der Waals surface area contributed by atoms with Crippen LogP contribution in [-0.2, 0) is 23.9 Å². The van der Waals surface area contributed by atoms with Crippen molar-refractivity contribution in [3.63, 3.8) is 0 Å². The predicted molar refractivity (Wildman–Crippen MR) is 169 cm³/mol. The summed E-state index contributed by atoms with van der Waals surface area (Å²) in [6.07, 6.45) is 28.6. The molecule has 240 valence electrons. The smallest absolute Gasteiger partial charge is 0.340 e. The third kappa shape index (κ3) is 18.3. The summed E-state index contributed by atoms with van der Waals surface area (Å²) in [5.41, 5.74) is -0.967. The van der Waals surface area contributed by atoms with Crippen molar-refractivity contribution in [2.75, 3.05) is 13.2 Å². The zero-order chi connectivity index (χ0) is 32.5. The molecule has 44 heavy (non-hydrogen) atoms. The van der Waals surface area contributed by atoms with Gasteiger partial charge in [0.05, 0.1) is 5.56 Å². The predicted octanol–water partition coefficient (Wildman–Crippen LogP) is 5.35. The van der Waals surface area contributed by atoms with Gasteiger partial charge in [-0.1, -0.05) is 81.5 Å². The van der Waals surface area contributed by atoms with E-state index >= 15 is 0 Å². The SMILES string of the molecule is CC/C=C\C/C=C\C/C=C\C/C=C\C/C=C\CCCC(=O)OCC(C)(C)[C@@H](OC(=O)c1cccnc1)C(=O)NCCC(=O)[O-]. The highest BCUT2D eigenvalue weighted by Gasteiger charge is 2.40. The number of carbonyl (C=O) groups is 4. The van der Waals surface area contributed by atoms with Crippen molar-refractivity contribution in [3.05, 3.63) is 90.9 Å². The molecule has 9 nitrogen and oxygen atoms in total. The first-order valence-corrected chi connectivity index (χ1v) is 15.2. The number of ether oxygens (including phenoxy) is 2. The number of carbonyl (C=O) groups excluding carboxylic acids is 4. The largest absolute Gasteiger partial charge is 0.550 e. The van der Waals surface area contributed by atoms with Crippen molar-refractivity contribution >= 4 is 23.8 Å². The van der Waals surface area contributed by atoms with Gasteiger partial charge in [0.25, 0.3) is 5.91 Å². The van der Waals surface area contributed by atoms with Crippen LogP contribution in [0.15, 0.2) is 85.3 Å². The molecule has 0 saturated carbocycles. The zero-order valence-electron chi connectivity index (χ0n) is 26.2. The van der Waals surface area contributed by atoms with Crippen molar-refractivity contribution in [3.8, 4) is 0 Å². The van der Waals surface area contributed by atoms with Crippen LogP contribution in [-0.4, -0.2) is 48.1 Å². The van der Waals surface area contributed by atoms with E-state index < -0.39 is 41.8 Å². The molecule has 0 aliphatic heterocycles. The molecular formula is C35H47N2O7-. The van der Waals surface area contributed by atoms with Crippen molar-refractivity contribution < 1.29 is 33.8 Å². The second-order valence-electron chi connectivity index (χ2n) is 10.7. The molecule has 0 aromatic carbocycles. The number of hydrogen-bond donors (Lipinski definition) is 1. The molecule has 0 spiro atoms. The Morgan fingerprint density at radius 1 is 0.909 bits per heavy atom. The van der Waals surface area contributed by atoms with E-state index in [1.54, 1.807) is 19.9 Å². The number of nitrogens with zero attached hydrogens (tertiary/aromatic N) is 1. The molecule has 0 aliphatic rings. The van der Waals surface area contributed by atoms with Gasteiger partial charge in [0.1, 0.15) is 6.61 Å². The van der Waals surface area contributed by atoms with Crippen LogP contribution in [0.4, 0.5) is 0 Å². The maximum atomic E-state index is 12.9. The van der Waals surface area contributed by atoms with Gasteiger partial charge < -0.3 is 24.7 Å². The van der Waals surface area contributed by atoms with Crippen molar-refractivity contribution in [2.24, 2.45) is 5.41 Å². The number of allylic oxidation sites excluding steroid dienone is 10. The molecule has 0 fully saturated rings. The van der Waals surface area contributed by atoms with E-state index in [1.807, 2.05) is 6.08 Å². The Bertz CT molecular complexity index is 1150. The number of carboxylic acids is 1. The fourth-order valence-electron chi connectivity index (χ4n) is 3.75. The Morgan fingerprint density at radius 2 is 1.50 bits per heavy atom. The van der Waals surface area contributed by atoms with E-state index in [4.69, 9.17) is 9.47 Å². The Kier molecular flexibility index (Phi) is 19.9. The molecule has 0 radical (unpaired) electrons. The van der Waals surface area contributed by atoms with Crippen LogP contribution >= 0.6 is 0 Å². The summed E-state index contributed by atoms with van der Waals surface area (Å²) < 4.78 is 10.9. The minimum absolute atomic E-state index is 0.142. The number of hydrogen-bond acceptors (Lipinski definition) is 8. The van der Waals surface area contributed by atoms with Crippen LogP contribution in [0.3, 0.4) is 0 Å². The number of amides is 1. The van der Waals surface area contributed by atoms with Gasteiger partial charge in [-0.3, -0.25) is 14.6 Å². The zero-order valence-corrected chi connectivity index (χ0v) is 26.2. The molecule has 0 unspecified atom stereocenters. The first-order valence-electron chi connectivity index (χ1n) is 15.2. The average molecular weight is 608 g/mol. The molecule has 9 heteroatoms. The first-order chi connectivity index (χ1) is 21.2. The molecule has 1 amide bonds. The summed E-state index contributed by atoms with van der Waals surface area (Å²) in [7, 11) is 0. The van der Waals surface area contributed by atoms with Crippen LogP contribution < -0.4 is 10.4 Å². The summed E-state index contributed by atoms with van der Waals surface area (Å²) in [6.45, 7) is 4.98. The molecule has 1 atom stereocenters. The summed E-state index contributed by atoms with van der Waals surface area (Å²) in [6, 6.07) is 3.04. The maximum absolute atomic E-state index is 12.9. The Morgan fingerprint density at radius 3 is 2.05 bits per heavy atom. The standard InChI is InChI=1S/C35H48N2O7/c1-4-5-6-7-8-9-10-11-12-13-14-15-16-17-18-19-20-23-31(40)43-28-35(2,3)32(33(41)37-26-24-30(38)39)44-34(42)29-22-21-25-36-27-29/h5-6,8-9,11-12,14-15,17-18,21-22,25,27,32H,4,7,10,13,16,19-20,23-24,26,28H2,1-3H3,(H,37,41)(H,38,39)/p-1/b6-5-,9-8-,12-11-,15-14-,18-17-/t32-/m0/s1. The van der Waals surface area contributed by atoms with E-state index in [0.717, 1.165) is 38.5 Å². The lowest BCUT2D eigenvalue weighted by Gasteiger charge is -2.32. The summed E-state index contributed by atoms with van der Waals surface area (Å²) in [5.74, 6) is -3.25.